The van der Waals surface area contributed by atoms with E-state index in [1.165, 1.54) is 0 Å². The van der Waals surface area contributed by atoms with E-state index in [0.29, 0.717) is 6.42 Å². The molecule has 0 saturated carbocycles. The highest BCUT2D eigenvalue weighted by molar-refractivity contribution is 14.1. The lowest BCUT2D eigenvalue weighted by Gasteiger charge is -2.01. The predicted molar refractivity (Wildman–Crippen MR) is 79.7 cm³/mol. The summed E-state index contributed by atoms with van der Waals surface area (Å²) in [5.41, 5.74) is 0.935. The Kier molecular flexibility index (Phi) is 6.56. The van der Waals surface area contributed by atoms with Crippen molar-refractivity contribution in [1.29, 1.82) is 0 Å². The number of hydrogen-bond acceptors (Lipinski definition) is 5. The number of aryl methyl sites for hydroxylation is 1. The first-order valence-electron chi connectivity index (χ1n) is 6.05. The second-order valence-corrected chi connectivity index (χ2v) is 5.44. The number of carbonyl (C=O) groups is 3. The second kappa shape index (κ2) is 7.93. The number of carbonyl (C=O) groups excluding carboxylic acids is 2. The smallest absolute Gasteiger partial charge is 0.303 e. The van der Waals surface area contributed by atoms with E-state index in [9.17, 15) is 19.5 Å². The second-order valence-electron chi connectivity index (χ2n) is 4.28. The molecule has 114 valence electrons. The number of hydroxylamine groups is 2. The molecule has 2 rings (SSSR count). The highest BCUT2D eigenvalue weighted by Gasteiger charge is 2.26. The lowest BCUT2D eigenvalue weighted by atomic mass is 10.1. The van der Waals surface area contributed by atoms with Crippen LogP contribution in [0.15, 0.2) is 18.2 Å². The van der Waals surface area contributed by atoms with E-state index in [4.69, 9.17) is 10.3 Å². The summed E-state index contributed by atoms with van der Waals surface area (Å²) in [6.07, 6.45) is 0.928. The van der Waals surface area contributed by atoms with Crippen LogP contribution in [0.1, 0.15) is 24.8 Å². The van der Waals surface area contributed by atoms with Crippen molar-refractivity contribution in [2.24, 2.45) is 0 Å². The SMILES string of the molecule is O=C(O)CCc1ccc(O)c(I)c1.O=C1CCC(=O)N1O. The van der Waals surface area contributed by atoms with E-state index in [1.54, 1.807) is 18.2 Å². The van der Waals surface area contributed by atoms with Crippen LogP contribution in [0.5, 0.6) is 5.75 Å². The van der Waals surface area contributed by atoms with Crippen molar-refractivity contribution in [3.05, 3.63) is 27.3 Å². The summed E-state index contributed by atoms with van der Waals surface area (Å²) in [5, 5.41) is 26.2. The molecule has 0 atom stereocenters. The van der Waals surface area contributed by atoms with E-state index in [-0.39, 0.29) is 30.1 Å². The first-order chi connectivity index (χ1) is 9.81. The van der Waals surface area contributed by atoms with Gasteiger partial charge in [-0.2, -0.15) is 5.06 Å². The maximum atomic E-state index is 10.3. The van der Waals surface area contributed by atoms with Gasteiger partial charge in [0.25, 0.3) is 11.8 Å². The van der Waals surface area contributed by atoms with E-state index < -0.39 is 17.8 Å². The summed E-state index contributed by atoms with van der Waals surface area (Å²) in [7, 11) is 0. The number of halogens is 1. The molecule has 0 spiro atoms. The molecule has 1 heterocycles. The highest BCUT2D eigenvalue weighted by atomic mass is 127. The van der Waals surface area contributed by atoms with Crippen LogP contribution in [0, 0.1) is 3.57 Å². The third-order valence-electron chi connectivity index (χ3n) is 2.66. The van der Waals surface area contributed by atoms with Crippen molar-refractivity contribution in [2.45, 2.75) is 25.7 Å². The molecule has 21 heavy (non-hydrogen) atoms. The van der Waals surface area contributed by atoms with Crippen molar-refractivity contribution in [3.63, 3.8) is 0 Å². The van der Waals surface area contributed by atoms with Gasteiger partial charge in [0.05, 0.1) is 3.57 Å². The number of aromatic hydroxyl groups is 1. The maximum absolute atomic E-state index is 10.3. The predicted octanol–water partition coefficient (Wildman–Crippen LogP) is 1.54. The third-order valence-corrected chi connectivity index (χ3v) is 3.53. The van der Waals surface area contributed by atoms with Gasteiger partial charge in [-0.15, -0.1) is 0 Å². The largest absolute Gasteiger partial charge is 0.507 e. The van der Waals surface area contributed by atoms with Gasteiger partial charge in [-0.1, -0.05) is 6.07 Å². The van der Waals surface area contributed by atoms with Gasteiger partial charge < -0.3 is 10.2 Å². The molecule has 3 N–H and O–H groups in total. The van der Waals surface area contributed by atoms with Gasteiger partial charge in [0.2, 0.25) is 0 Å². The normalized spacial score (nSPS) is 13.9. The van der Waals surface area contributed by atoms with Crippen molar-refractivity contribution in [2.75, 3.05) is 0 Å². The molecular weight excluding hydrogens is 393 g/mol. The molecule has 1 aliphatic heterocycles. The highest BCUT2D eigenvalue weighted by Crippen LogP contribution is 2.20. The van der Waals surface area contributed by atoms with Crippen LogP contribution in [0.2, 0.25) is 0 Å². The molecule has 0 bridgehead atoms. The number of hydrogen-bond donors (Lipinski definition) is 3. The van der Waals surface area contributed by atoms with Gasteiger partial charge in [0.1, 0.15) is 5.75 Å². The quantitative estimate of drug-likeness (QED) is 0.398. The van der Waals surface area contributed by atoms with Gasteiger partial charge in [0.15, 0.2) is 0 Å². The maximum Gasteiger partial charge on any atom is 0.303 e. The number of carboxylic acid groups (broad SMARTS) is 1. The summed E-state index contributed by atoms with van der Waals surface area (Å²) in [6.45, 7) is 0. The molecule has 7 nitrogen and oxygen atoms in total. The van der Waals surface area contributed by atoms with Crippen LogP contribution in [0.3, 0.4) is 0 Å². The van der Waals surface area contributed by atoms with Gasteiger partial charge in [-0.05, 0) is 46.7 Å². The molecule has 8 heteroatoms. The Labute approximate surface area is 134 Å². The Bertz CT molecular complexity index is 544. The average molecular weight is 407 g/mol. The molecule has 1 aromatic rings. The number of carboxylic acids is 1. The minimum atomic E-state index is -0.803. The summed E-state index contributed by atoms with van der Waals surface area (Å²) in [6, 6.07) is 5.11. The minimum Gasteiger partial charge on any atom is -0.507 e. The van der Waals surface area contributed by atoms with E-state index >= 15 is 0 Å². The number of imide groups is 1. The van der Waals surface area contributed by atoms with Gasteiger partial charge in [-0.25, -0.2) is 0 Å². The lowest BCUT2D eigenvalue weighted by Crippen LogP contribution is -2.24. The Morgan fingerprint density at radius 2 is 1.81 bits per heavy atom. The summed E-state index contributed by atoms with van der Waals surface area (Å²) >= 11 is 2.01. The van der Waals surface area contributed by atoms with Crippen LogP contribution >= 0.6 is 22.6 Å². The monoisotopic (exact) mass is 407 g/mol. The molecule has 2 amide bonds. The zero-order chi connectivity index (χ0) is 16.0. The number of nitrogens with zero attached hydrogens (tertiary/aromatic N) is 1. The number of amides is 2. The van der Waals surface area contributed by atoms with Crippen LogP contribution in [-0.2, 0) is 20.8 Å². The number of phenols is 1. The zero-order valence-corrected chi connectivity index (χ0v) is 13.1. The molecule has 0 aliphatic carbocycles. The molecule has 0 radical (unpaired) electrons. The van der Waals surface area contributed by atoms with Crippen molar-refractivity contribution < 1.29 is 29.8 Å². The lowest BCUT2D eigenvalue weighted by molar-refractivity contribution is -0.171. The van der Waals surface area contributed by atoms with Crippen molar-refractivity contribution in [1.82, 2.24) is 5.06 Å². The number of benzene rings is 1. The molecule has 1 aliphatic rings. The van der Waals surface area contributed by atoms with Crippen molar-refractivity contribution in [3.8, 4) is 5.75 Å². The zero-order valence-electron chi connectivity index (χ0n) is 11.0. The first kappa shape index (κ1) is 17.4. The molecule has 1 aromatic carbocycles. The molecule has 1 fully saturated rings. The van der Waals surface area contributed by atoms with Crippen LogP contribution in [0.4, 0.5) is 0 Å². The minimum absolute atomic E-state index is 0.126. The number of phenolic OH excluding ortho intramolecular Hbond substituents is 1. The van der Waals surface area contributed by atoms with Crippen LogP contribution in [-0.4, -0.2) is 38.3 Å². The third kappa shape index (κ3) is 5.68. The Hall–Kier alpha value is -1.68. The standard InChI is InChI=1S/C9H9IO3.C4H5NO3/c10-7-5-6(1-3-8(7)11)2-4-9(12)13;6-3-1-2-4(7)5(3)8/h1,3,5,11H,2,4H2,(H,12,13);8H,1-2H2. The number of aliphatic carboxylic acids is 1. The summed E-state index contributed by atoms with van der Waals surface area (Å²) < 4.78 is 0.750. The van der Waals surface area contributed by atoms with E-state index in [2.05, 4.69) is 0 Å². The average Bonchev–Trinajstić information content (AvgIpc) is 2.72. The van der Waals surface area contributed by atoms with Gasteiger partial charge in [0, 0.05) is 19.3 Å². The number of rotatable bonds is 3. The summed E-state index contributed by atoms with van der Waals surface area (Å²) in [4.78, 5) is 30.8. The molecular formula is C13H14INO6. The van der Waals surface area contributed by atoms with Crippen LogP contribution in [0.25, 0.3) is 0 Å². The Morgan fingerprint density at radius 3 is 2.19 bits per heavy atom. The van der Waals surface area contributed by atoms with Crippen LogP contribution < -0.4 is 0 Å². The Balaban J connectivity index is 0.000000235. The van der Waals surface area contributed by atoms with Gasteiger partial charge >= 0.3 is 5.97 Å². The Morgan fingerprint density at radius 1 is 1.24 bits per heavy atom. The molecule has 1 saturated heterocycles. The topological polar surface area (TPSA) is 115 Å². The fraction of sp³-hybridized carbons (Fsp3) is 0.308. The van der Waals surface area contributed by atoms with Crippen molar-refractivity contribution >= 4 is 40.4 Å². The summed E-state index contributed by atoms with van der Waals surface area (Å²) in [5.74, 6) is -1.58. The fourth-order valence-corrected chi connectivity index (χ4v) is 2.10. The van der Waals surface area contributed by atoms with E-state index in [1.807, 2.05) is 22.6 Å². The molecule has 0 unspecified atom stereocenters. The fourth-order valence-electron chi connectivity index (χ4n) is 1.52. The van der Waals surface area contributed by atoms with E-state index in [0.717, 1.165) is 9.13 Å². The first-order valence-corrected chi connectivity index (χ1v) is 7.13. The van der Waals surface area contributed by atoms with Gasteiger partial charge in [-0.3, -0.25) is 19.6 Å². The molecule has 0 aromatic heterocycles.